The summed E-state index contributed by atoms with van der Waals surface area (Å²) in [5, 5.41) is 9.64. The molecule has 5 nitrogen and oxygen atoms in total. The van der Waals surface area contributed by atoms with Gasteiger partial charge >= 0.3 is 0 Å². The molecule has 2 aliphatic heterocycles. The molecule has 2 saturated heterocycles. The van der Waals surface area contributed by atoms with Crippen LogP contribution in [0.1, 0.15) is 52.0 Å². The molecule has 4 atom stereocenters. The van der Waals surface area contributed by atoms with Gasteiger partial charge in [-0.1, -0.05) is 38.1 Å². The number of hydrogen-bond donors (Lipinski definition) is 1. The number of aromatic hydroxyl groups is 1. The van der Waals surface area contributed by atoms with Crippen LogP contribution in [0.25, 0.3) is 6.08 Å². The Bertz CT molecular complexity index is 870. The van der Waals surface area contributed by atoms with Crippen molar-refractivity contribution in [2.45, 2.75) is 69.9 Å². The SMILES string of the molecule is COc1cc(/C=C/C(=O)CC2OC2C=CC23OC2(C)CCCC3(C)C)ccc1O. The molecule has 1 N–H and O–H groups in total. The highest BCUT2D eigenvalue weighted by Crippen LogP contribution is 2.66. The third-order valence-corrected chi connectivity index (χ3v) is 6.80. The monoisotopic (exact) mass is 398 g/mol. The largest absolute Gasteiger partial charge is 0.504 e. The summed E-state index contributed by atoms with van der Waals surface area (Å²) in [7, 11) is 1.50. The lowest BCUT2D eigenvalue weighted by Crippen LogP contribution is -2.41. The van der Waals surface area contributed by atoms with Crippen molar-refractivity contribution in [3.05, 3.63) is 42.0 Å². The summed E-state index contributed by atoms with van der Waals surface area (Å²) < 4.78 is 17.0. The maximum atomic E-state index is 12.3. The number of carbonyl (C=O) groups is 1. The van der Waals surface area contributed by atoms with Gasteiger partial charge in [-0.2, -0.15) is 0 Å². The lowest BCUT2D eigenvalue weighted by Gasteiger charge is -2.36. The molecule has 1 saturated carbocycles. The van der Waals surface area contributed by atoms with Crippen LogP contribution in [-0.2, 0) is 14.3 Å². The van der Waals surface area contributed by atoms with Crippen LogP contribution in [0.4, 0.5) is 0 Å². The van der Waals surface area contributed by atoms with E-state index in [1.54, 1.807) is 30.4 Å². The van der Waals surface area contributed by atoms with Crippen molar-refractivity contribution in [3.8, 4) is 11.5 Å². The molecule has 0 bridgehead atoms. The second kappa shape index (κ2) is 6.99. The van der Waals surface area contributed by atoms with Crippen LogP contribution in [0.15, 0.2) is 36.4 Å². The molecule has 3 aliphatic rings. The van der Waals surface area contributed by atoms with Crippen LogP contribution in [0.3, 0.4) is 0 Å². The molecule has 4 rings (SSSR count). The van der Waals surface area contributed by atoms with Gasteiger partial charge in [0, 0.05) is 11.8 Å². The Morgan fingerprint density at radius 1 is 1.31 bits per heavy atom. The van der Waals surface area contributed by atoms with Crippen LogP contribution in [0.5, 0.6) is 11.5 Å². The molecule has 4 unspecified atom stereocenters. The highest BCUT2D eigenvalue weighted by atomic mass is 16.6. The first kappa shape index (κ1) is 20.2. The second-order valence-corrected chi connectivity index (χ2v) is 9.24. The minimum Gasteiger partial charge on any atom is -0.504 e. The van der Waals surface area contributed by atoms with Crippen molar-refractivity contribution in [1.82, 2.24) is 0 Å². The lowest BCUT2D eigenvalue weighted by molar-refractivity contribution is -0.114. The Kier molecular flexibility index (Phi) is 4.87. The Balaban J connectivity index is 1.31. The van der Waals surface area contributed by atoms with E-state index in [9.17, 15) is 9.90 Å². The van der Waals surface area contributed by atoms with Gasteiger partial charge in [-0.05, 0) is 50.0 Å². The zero-order valence-corrected chi connectivity index (χ0v) is 17.6. The summed E-state index contributed by atoms with van der Waals surface area (Å²) in [5.74, 6) is 0.476. The number of phenolic OH excluding ortho intramolecular Hbond substituents is 1. The van der Waals surface area contributed by atoms with E-state index >= 15 is 0 Å². The molecule has 0 spiro atoms. The van der Waals surface area contributed by atoms with E-state index in [-0.39, 0.29) is 40.4 Å². The number of ether oxygens (including phenoxy) is 3. The topological polar surface area (TPSA) is 71.6 Å². The molecule has 3 fully saturated rings. The molecule has 0 radical (unpaired) electrons. The molecule has 156 valence electrons. The number of fused-ring (bicyclic) bond motifs is 1. The summed E-state index contributed by atoms with van der Waals surface area (Å²) in [6, 6.07) is 4.97. The highest BCUT2D eigenvalue weighted by Gasteiger charge is 2.73. The van der Waals surface area contributed by atoms with Gasteiger partial charge in [0.1, 0.15) is 11.7 Å². The number of carbonyl (C=O) groups excluding carboxylic acids is 1. The van der Waals surface area contributed by atoms with Crippen LogP contribution in [0, 0.1) is 5.41 Å². The van der Waals surface area contributed by atoms with E-state index in [0.29, 0.717) is 12.2 Å². The zero-order valence-electron chi connectivity index (χ0n) is 17.6. The smallest absolute Gasteiger partial charge is 0.161 e. The Hall–Kier alpha value is -2.11. The van der Waals surface area contributed by atoms with Gasteiger partial charge in [0.15, 0.2) is 17.3 Å². The van der Waals surface area contributed by atoms with E-state index in [1.165, 1.54) is 13.5 Å². The van der Waals surface area contributed by atoms with Crippen molar-refractivity contribution in [2.75, 3.05) is 7.11 Å². The summed E-state index contributed by atoms with van der Waals surface area (Å²) in [4.78, 5) is 12.3. The highest BCUT2D eigenvalue weighted by molar-refractivity contribution is 5.94. The normalized spacial score (nSPS) is 34.9. The third-order valence-electron chi connectivity index (χ3n) is 6.80. The fraction of sp³-hybridized carbons (Fsp3) is 0.542. The number of rotatable bonds is 7. The van der Waals surface area contributed by atoms with E-state index in [4.69, 9.17) is 14.2 Å². The maximum absolute atomic E-state index is 12.3. The zero-order chi connectivity index (χ0) is 20.9. The quantitative estimate of drug-likeness (QED) is 0.418. The number of hydrogen-bond acceptors (Lipinski definition) is 5. The molecule has 1 aromatic carbocycles. The molecular weight excluding hydrogens is 368 g/mol. The van der Waals surface area contributed by atoms with Gasteiger partial charge in [-0.25, -0.2) is 0 Å². The van der Waals surface area contributed by atoms with Crippen LogP contribution in [-0.4, -0.2) is 41.4 Å². The van der Waals surface area contributed by atoms with E-state index in [2.05, 4.69) is 32.9 Å². The van der Waals surface area contributed by atoms with Crippen molar-refractivity contribution < 1.29 is 24.1 Å². The van der Waals surface area contributed by atoms with Gasteiger partial charge in [0.25, 0.3) is 0 Å². The van der Waals surface area contributed by atoms with Crippen molar-refractivity contribution in [3.63, 3.8) is 0 Å². The summed E-state index contributed by atoms with van der Waals surface area (Å²) in [5.41, 5.74) is 0.658. The minimum atomic E-state index is -0.198. The van der Waals surface area contributed by atoms with Gasteiger partial charge in [0.2, 0.25) is 0 Å². The van der Waals surface area contributed by atoms with Gasteiger partial charge < -0.3 is 19.3 Å². The lowest BCUT2D eigenvalue weighted by atomic mass is 9.64. The average molecular weight is 398 g/mol. The molecule has 29 heavy (non-hydrogen) atoms. The first-order valence-corrected chi connectivity index (χ1v) is 10.3. The molecule has 0 aromatic heterocycles. The Labute approximate surface area is 172 Å². The summed E-state index contributed by atoms with van der Waals surface area (Å²) in [6.07, 6.45) is 11.3. The van der Waals surface area contributed by atoms with Crippen molar-refractivity contribution in [2.24, 2.45) is 5.41 Å². The maximum Gasteiger partial charge on any atom is 0.161 e. The second-order valence-electron chi connectivity index (χ2n) is 9.24. The van der Waals surface area contributed by atoms with Gasteiger partial charge in [-0.15, -0.1) is 0 Å². The first-order valence-electron chi connectivity index (χ1n) is 10.3. The molecule has 0 amide bonds. The number of epoxide rings is 2. The number of benzene rings is 1. The number of allylic oxidation sites excluding steroid dienone is 1. The van der Waals surface area contributed by atoms with E-state index < -0.39 is 0 Å². The fourth-order valence-corrected chi connectivity index (χ4v) is 4.88. The van der Waals surface area contributed by atoms with Gasteiger partial charge in [-0.3, -0.25) is 4.79 Å². The molecular formula is C24H30O5. The average Bonchev–Trinajstić information content (AvgIpc) is 3.54. The van der Waals surface area contributed by atoms with Crippen LogP contribution in [0.2, 0.25) is 0 Å². The fourth-order valence-electron chi connectivity index (χ4n) is 4.88. The number of ketones is 1. The molecule has 2 heterocycles. The predicted octanol–water partition coefficient (Wildman–Crippen LogP) is 4.43. The van der Waals surface area contributed by atoms with Crippen molar-refractivity contribution >= 4 is 11.9 Å². The first-order chi connectivity index (χ1) is 13.7. The van der Waals surface area contributed by atoms with E-state index in [0.717, 1.165) is 18.4 Å². The Morgan fingerprint density at radius 3 is 2.83 bits per heavy atom. The number of methoxy groups -OCH3 is 1. The van der Waals surface area contributed by atoms with Crippen molar-refractivity contribution in [1.29, 1.82) is 0 Å². The molecule has 5 heteroatoms. The Morgan fingerprint density at radius 2 is 2.10 bits per heavy atom. The minimum absolute atomic E-state index is 0.0123. The number of phenols is 1. The van der Waals surface area contributed by atoms with Gasteiger partial charge in [0.05, 0.1) is 18.8 Å². The summed E-state index contributed by atoms with van der Waals surface area (Å²) in [6.45, 7) is 6.76. The van der Waals surface area contributed by atoms with Crippen LogP contribution < -0.4 is 4.74 Å². The standard InChI is InChI=1S/C24H30O5/c1-22(2)11-5-12-23(3)24(22,29-23)13-10-19-21(28-19)15-17(25)8-6-16-7-9-18(26)20(14-16)27-4/h6-10,13-14,19,21,26H,5,11-12,15H2,1-4H3/b8-6+,13-10?. The molecule has 1 aliphatic carbocycles. The molecule has 1 aromatic rings. The van der Waals surface area contributed by atoms with E-state index in [1.807, 2.05) is 0 Å². The summed E-state index contributed by atoms with van der Waals surface area (Å²) >= 11 is 0. The van der Waals surface area contributed by atoms with Crippen LogP contribution >= 0.6 is 0 Å². The predicted molar refractivity (Wildman–Crippen MR) is 111 cm³/mol. The third kappa shape index (κ3) is 3.62.